The van der Waals surface area contributed by atoms with Gasteiger partial charge < -0.3 is 15.8 Å². The highest BCUT2D eigenvalue weighted by molar-refractivity contribution is 7.09. The molecule has 0 aliphatic rings. The average molecular weight is 308 g/mol. The third kappa shape index (κ3) is 7.47. The number of nitrogens with one attached hydrogen (secondary N) is 1. The zero-order valence-electron chi connectivity index (χ0n) is 11.2. The van der Waals surface area contributed by atoms with E-state index in [9.17, 15) is 4.79 Å². The summed E-state index contributed by atoms with van der Waals surface area (Å²) < 4.78 is 5.22. The Morgan fingerprint density at radius 1 is 1.53 bits per heavy atom. The Hall–Kier alpha value is -0.690. The van der Waals surface area contributed by atoms with Crippen molar-refractivity contribution in [2.24, 2.45) is 5.73 Å². The molecule has 1 amide bonds. The molecule has 3 N–H and O–H groups in total. The number of hydrogen-bond donors (Lipinski definition) is 2. The van der Waals surface area contributed by atoms with Crippen LogP contribution in [0.5, 0.6) is 0 Å². The van der Waals surface area contributed by atoms with E-state index in [0.717, 1.165) is 37.5 Å². The van der Waals surface area contributed by atoms with Gasteiger partial charge in [0, 0.05) is 31.6 Å². The van der Waals surface area contributed by atoms with Gasteiger partial charge >= 0.3 is 0 Å². The van der Waals surface area contributed by atoms with Gasteiger partial charge in [-0.25, -0.2) is 4.98 Å². The monoisotopic (exact) mass is 307 g/mol. The quantitative estimate of drug-likeness (QED) is 0.680. The zero-order valence-corrected chi connectivity index (χ0v) is 12.8. The van der Waals surface area contributed by atoms with Crippen LogP contribution < -0.4 is 11.1 Å². The fraction of sp³-hybridized carbons (Fsp3) is 0.667. The first kappa shape index (κ1) is 18.3. The van der Waals surface area contributed by atoms with Gasteiger partial charge in [0.2, 0.25) is 0 Å². The number of carbonyl (C=O) groups is 1. The lowest BCUT2D eigenvalue weighted by Crippen LogP contribution is -2.25. The first-order valence-electron chi connectivity index (χ1n) is 6.28. The van der Waals surface area contributed by atoms with Crippen LogP contribution in [0, 0.1) is 0 Å². The maximum absolute atomic E-state index is 11.7. The Kier molecular flexibility index (Phi) is 10.8. The second kappa shape index (κ2) is 11.2. The molecule has 110 valence electrons. The molecule has 0 unspecified atom stereocenters. The molecule has 0 aliphatic heterocycles. The summed E-state index contributed by atoms with van der Waals surface area (Å²) in [6.07, 6.45) is 2.61. The number of thiazole rings is 1. The number of carbonyl (C=O) groups excluding carboxylic acids is 1. The topological polar surface area (TPSA) is 77.2 Å². The van der Waals surface area contributed by atoms with Crippen molar-refractivity contribution >= 4 is 29.7 Å². The van der Waals surface area contributed by atoms with Crippen LogP contribution in [-0.2, 0) is 11.2 Å². The van der Waals surface area contributed by atoms with Gasteiger partial charge in [-0.1, -0.05) is 0 Å². The fourth-order valence-electron chi connectivity index (χ4n) is 1.42. The van der Waals surface area contributed by atoms with E-state index < -0.39 is 0 Å². The van der Waals surface area contributed by atoms with Crippen LogP contribution in [0.4, 0.5) is 0 Å². The number of aromatic nitrogens is 1. The van der Waals surface area contributed by atoms with Gasteiger partial charge in [-0.2, -0.15) is 0 Å². The zero-order chi connectivity index (χ0) is 13.2. The first-order chi connectivity index (χ1) is 8.77. The van der Waals surface area contributed by atoms with Crippen molar-refractivity contribution < 1.29 is 9.53 Å². The number of hydrogen-bond acceptors (Lipinski definition) is 5. The van der Waals surface area contributed by atoms with Crippen molar-refractivity contribution in [3.63, 3.8) is 0 Å². The molecule has 1 heterocycles. The summed E-state index contributed by atoms with van der Waals surface area (Å²) in [5.41, 5.74) is 5.93. The molecule has 0 saturated carbocycles. The Balaban J connectivity index is 0.00000324. The highest BCUT2D eigenvalue weighted by Gasteiger charge is 2.09. The molecule has 0 spiro atoms. The van der Waals surface area contributed by atoms with Crippen LogP contribution in [0.15, 0.2) is 5.38 Å². The number of unbranched alkanes of at least 4 members (excludes halogenated alkanes) is 1. The van der Waals surface area contributed by atoms with E-state index in [2.05, 4.69) is 10.3 Å². The minimum Gasteiger partial charge on any atom is -0.382 e. The number of amides is 1. The summed E-state index contributed by atoms with van der Waals surface area (Å²) in [5, 5.41) is 5.54. The molecule has 0 fully saturated rings. The van der Waals surface area contributed by atoms with Crippen molar-refractivity contribution in [2.75, 3.05) is 26.3 Å². The number of ether oxygens (including phenoxy) is 1. The fourth-order valence-corrected chi connectivity index (χ4v) is 2.21. The molecule has 19 heavy (non-hydrogen) atoms. The van der Waals surface area contributed by atoms with Crippen LogP contribution >= 0.6 is 23.7 Å². The summed E-state index contributed by atoms with van der Waals surface area (Å²) in [5.74, 6) is -0.106. The van der Waals surface area contributed by atoms with Crippen molar-refractivity contribution in [3.8, 4) is 0 Å². The standard InChI is InChI=1S/C12H21N3O2S.ClH/c1-2-17-8-4-3-7-14-12(16)10-9-18-11(15-10)5-6-13;/h9H,2-8,13H2,1H3,(H,14,16);1H. The lowest BCUT2D eigenvalue weighted by atomic mass is 10.3. The number of nitrogens with zero attached hydrogens (tertiary/aromatic N) is 1. The molecule has 0 saturated heterocycles. The molecule has 0 atom stereocenters. The maximum Gasteiger partial charge on any atom is 0.270 e. The Morgan fingerprint density at radius 2 is 2.32 bits per heavy atom. The van der Waals surface area contributed by atoms with Gasteiger partial charge in [-0.15, -0.1) is 23.7 Å². The number of halogens is 1. The molecule has 1 rings (SSSR count). The highest BCUT2D eigenvalue weighted by atomic mass is 35.5. The minimum atomic E-state index is -0.106. The molecule has 0 radical (unpaired) electrons. The third-order valence-electron chi connectivity index (χ3n) is 2.35. The first-order valence-corrected chi connectivity index (χ1v) is 7.16. The van der Waals surface area contributed by atoms with Gasteiger partial charge in [0.15, 0.2) is 0 Å². The van der Waals surface area contributed by atoms with Crippen molar-refractivity contribution in [2.45, 2.75) is 26.2 Å². The second-order valence-corrected chi connectivity index (χ2v) is 4.77. The summed E-state index contributed by atoms with van der Waals surface area (Å²) in [7, 11) is 0. The van der Waals surface area contributed by atoms with Crippen molar-refractivity contribution in [1.82, 2.24) is 10.3 Å². The number of rotatable bonds is 9. The Labute approximate surface area is 124 Å². The van der Waals surface area contributed by atoms with Gasteiger partial charge in [0.25, 0.3) is 5.91 Å². The predicted octanol–water partition coefficient (Wildman–Crippen LogP) is 1.61. The van der Waals surface area contributed by atoms with Crippen LogP contribution in [0.2, 0.25) is 0 Å². The van der Waals surface area contributed by atoms with E-state index >= 15 is 0 Å². The normalized spacial score (nSPS) is 10.0. The van der Waals surface area contributed by atoms with E-state index in [0.29, 0.717) is 18.8 Å². The number of nitrogens with two attached hydrogens (primary N) is 1. The molecular weight excluding hydrogens is 286 g/mol. The average Bonchev–Trinajstić information content (AvgIpc) is 2.82. The second-order valence-electron chi connectivity index (χ2n) is 3.83. The SMILES string of the molecule is CCOCCCCNC(=O)c1csc(CCN)n1.Cl. The summed E-state index contributed by atoms with van der Waals surface area (Å²) in [6, 6.07) is 0. The van der Waals surface area contributed by atoms with Gasteiger partial charge in [0.05, 0.1) is 5.01 Å². The van der Waals surface area contributed by atoms with E-state index in [1.54, 1.807) is 5.38 Å². The van der Waals surface area contributed by atoms with Crippen LogP contribution in [0.3, 0.4) is 0 Å². The molecule has 0 aromatic carbocycles. The molecule has 0 aliphatic carbocycles. The largest absolute Gasteiger partial charge is 0.382 e. The van der Waals surface area contributed by atoms with Crippen LogP contribution in [0.1, 0.15) is 35.3 Å². The predicted molar refractivity (Wildman–Crippen MR) is 80.2 cm³/mol. The lowest BCUT2D eigenvalue weighted by Gasteiger charge is -2.03. The molecule has 5 nitrogen and oxygen atoms in total. The van der Waals surface area contributed by atoms with Crippen molar-refractivity contribution in [3.05, 3.63) is 16.1 Å². The smallest absolute Gasteiger partial charge is 0.270 e. The third-order valence-corrected chi connectivity index (χ3v) is 3.26. The molecule has 0 bridgehead atoms. The van der Waals surface area contributed by atoms with Gasteiger partial charge in [0.1, 0.15) is 5.69 Å². The van der Waals surface area contributed by atoms with E-state index in [1.165, 1.54) is 11.3 Å². The molecule has 1 aromatic rings. The lowest BCUT2D eigenvalue weighted by molar-refractivity contribution is 0.0945. The highest BCUT2D eigenvalue weighted by Crippen LogP contribution is 2.09. The summed E-state index contributed by atoms with van der Waals surface area (Å²) in [4.78, 5) is 16.0. The van der Waals surface area contributed by atoms with E-state index in [1.807, 2.05) is 6.92 Å². The molecular formula is C12H22ClN3O2S. The van der Waals surface area contributed by atoms with Crippen LogP contribution in [0.25, 0.3) is 0 Å². The Bertz CT molecular complexity index is 360. The molecule has 1 aromatic heterocycles. The molecule has 7 heteroatoms. The summed E-state index contributed by atoms with van der Waals surface area (Å²) in [6.45, 7) is 4.70. The van der Waals surface area contributed by atoms with E-state index in [4.69, 9.17) is 10.5 Å². The Morgan fingerprint density at radius 3 is 3.00 bits per heavy atom. The van der Waals surface area contributed by atoms with E-state index in [-0.39, 0.29) is 18.3 Å². The van der Waals surface area contributed by atoms with Gasteiger partial charge in [-0.05, 0) is 26.3 Å². The van der Waals surface area contributed by atoms with Crippen LogP contribution in [-0.4, -0.2) is 37.2 Å². The van der Waals surface area contributed by atoms with Crippen molar-refractivity contribution in [1.29, 1.82) is 0 Å². The maximum atomic E-state index is 11.7. The minimum absolute atomic E-state index is 0. The summed E-state index contributed by atoms with van der Waals surface area (Å²) >= 11 is 1.48. The van der Waals surface area contributed by atoms with Gasteiger partial charge in [-0.3, -0.25) is 4.79 Å².